The Balaban J connectivity index is 1.69. The zero-order valence-electron chi connectivity index (χ0n) is 13.2. The molecule has 2 fully saturated rings. The highest BCUT2D eigenvalue weighted by molar-refractivity contribution is 6.60. The van der Waals surface area contributed by atoms with Gasteiger partial charge in [0.2, 0.25) is 0 Å². The smallest absolute Gasteiger partial charge is 0.393 e. The van der Waals surface area contributed by atoms with Crippen LogP contribution in [0.25, 0.3) is 0 Å². The molecule has 4 atom stereocenters. The number of fused-ring (bicyclic) bond motifs is 5. The number of rotatable bonds is 7. The molecule has 7 heteroatoms. The van der Waals surface area contributed by atoms with Crippen LogP contribution in [0.5, 0.6) is 0 Å². The number of hydrogen-bond acceptors (Lipinski definition) is 6. The summed E-state index contributed by atoms with van der Waals surface area (Å²) in [5.41, 5.74) is -0.242. The number of allylic oxidation sites excluding steroid dienone is 2. The van der Waals surface area contributed by atoms with E-state index in [0.717, 1.165) is 19.3 Å². The second kappa shape index (κ2) is 5.56. The monoisotopic (exact) mass is 326 g/mol. The van der Waals surface area contributed by atoms with Crippen molar-refractivity contribution in [3.05, 3.63) is 12.2 Å². The molecule has 122 valence electrons. The van der Waals surface area contributed by atoms with Gasteiger partial charge in [0.1, 0.15) is 0 Å². The molecule has 3 aliphatic rings. The Labute approximate surface area is 131 Å². The summed E-state index contributed by atoms with van der Waals surface area (Å²) in [6.45, 7) is 0. The van der Waals surface area contributed by atoms with Crippen LogP contribution in [0.15, 0.2) is 12.2 Å². The summed E-state index contributed by atoms with van der Waals surface area (Å²) in [5, 5.41) is 0. The maximum atomic E-state index is 12.0. The van der Waals surface area contributed by atoms with E-state index in [1.807, 2.05) is 0 Å². The largest absolute Gasteiger partial charge is 0.500 e. The number of esters is 2. The number of carbonyl (C=O) groups is 2. The Hall–Kier alpha value is -1.02. The fourth-order valence-corrected chi connectivity index (χ4v) is 6.15. The normalized spacial score (nSPS) is 36.0. The highest BCUT2D eigenvalue weighted by Crippen LogP contribution is 2.61. The van der Waals surface area contributed by atoms with Gasteiger partial charge >= 0.3 is 20.7 Å². The van der Waals surface area contributed by atoms with Gasteiger partial charge in [-0.3, -0.25) is 9.59 Å². The van der Waals surface area contributed by atoms with Gasteiger partial charge in [-0.1, -0.05) is 12.2 Å². The van der Waals surface area contributed by atoms with E-state index in [2.05, 4.69) is 12.2 Å². The second-order valence-electron chi connectivity index (χ2n) is 6.35. The topological polar surface area (TPSA) is 71.1 Å². The Morgan fingerprint density at radius 2 is 1.91 bits per heavy atom. The van der Waals surface area contributed by atoms with Crippen molar-refractivity contribution in [2.45, 2.75) is 25.3 Å². The molecule has 0 aromatic carbocycles. The number of carbonyl (C=O) groups excluding carboxylic acids is 2. The quantitative estimate of drug-likeness (QED) is 0.306. The van der Waals surface area contributed by atoms with Gasteiger partial charge in [0.15, 0.2) is 0 Å². The van der Waals surface area contributed by atoms with Crippen LogP contribution in [-0.2, 0) is 27.6 Å². The third kappa shape index (κ3) is 2.19. The summed E-state index contributed by atoms with van der Waals surface area (Å²) >= 11 is 0. The zero-order chi connectivity index (χ0) is 16.0. The van der Waals surface area contributed by atoms with E-state index < -0.39 is 8.80 Å². The first-order valence-corrected chi connectivity index (χ1v) is 9.54. The van der Waals surface area contributed by atoms with Crippen LogP contribution in [-0.4, -0.2) is 42.1 Å². The van der Waals surface area contributed by atoms with Crippen LogP contribution in [0, 0.1) is 23.2 Å². The summed E-state index contributed by atoms with van der Waals surface area (Å²) in [6.07, 6.45) is 6.70. The van der Waals surface area contributed by atoms with Crippen LogP contribution in [0.2, 0.25) is 6.04 Å². The van der Waals surface area contributed by atoms with Gasteiger partial charge in [0.05, 0.1) is 11.8 Å². The molecule has 22 heavy (non-hydrogen) atoms. The number of ether oxygens (including phenoxy) is 1. The van der Waals surface area contributed by atoms with Gasteiger partial charge in [-0.2, -0.15) is 0 Å². The van der Waals surface area contributed by atoms with Gasteiger partial charge in [-0.15, -0.1) is 0 Å². The highest BCUT2D eigenvalue weighted by Gasteiger charge is 2.64. The van der Waals surface area contributed by atoms with Crippen molar-refractivity contribution in [1.29, 1.82) is 0 Å². The Morgan fingerprint density at radius 1 is 1.23 bits per heavy atom. The van der Waals surface area contributed by atoms with Gasteiger partial charge < -0.3 is 18.0 Å². The Morgan fingerprint density at radius 3 is 2.55 bits per heavy atom. The van der Waals surface area contributed by atoms with E-state index in [1.54, 1.807) is 21.3 Å². The first kappa shape index (κ1) is 15.9. The molecule has 0 aromatic rings. The Bertz CT molecular complexity index is 506. The number of hydrogen-bond donors (Lipinski definition) is 0. The van der Waals surface area contributed by atoms with E-state index in [1.165, 1.54) is 0 Å². The third-order valence-corrected chi connectivity index (χ3v) is 8.35. The van der Waals surface area contributed by atoms with Gasteiger partial charge in [-0.25, -0.2) is 0 Å². The lowest BCUT2D eigenvalue weighted by Gasteiger charge is -2.31. The van der Waals surface area contributed by atoms with Gasteiger partial charge in [0, 0.05) is 32.8 Å². The molecule has 2 aliphatic carbocycles. The van der Waals surface area contributed by atoms with Gasteiger partial charge in [-0.05, 0) is 25.2 Å². The molecule has 4 unspecified atom stereocenters. The van der Waals surface area contributed by atoms with Crippen molar-refractivity contribution in [3.8, 4) is 0 Å². The minimum absolute atomic E-state index is 0.151. The second-order valence-corrected chi connectivity index (χ2v) is 9.44. The molecular formula is C15H22O6Si. The first-order valence-electron chi connectivity index (χ1n) is 7.61. The molecule has 0 amide bonds. The molecule has 1 aliphatic heterocycles. The van der Waals surface area contributed by atoms with Crippen molar-refractivity contribution in [1.82, 2.24) is 0 Å². The highest BCUT2D eigenvalue weighted by atomic mass is 28.4. The summed E-state index contributed by atoms with van der Waals surface area (Å²) in [6, 6.07) is 0.692. The minimum atomic E-state index is -2.59. The standard InChI is InChI=1S/C15H22O6Si/c1-18-22(19-2,20-3)8-4-6-15-7-5-10(9-15)11-12(15)14(17)21-13(11)16/h5,7,10-12H,4,6,8-9H2,1-3H3. The van der Waals surface area contributed by atoms with E-state index in [-0.39, 0.29) is 35.1 Å². The molecule has 1 heterocycles. The Kier molecular flexibility index (Phi) is 4.01. The summed E-state index contributed by atoms with van der Waals surface area (Å²) in [5.74, 6) is -1.13. The molecule has 2 bridgehead atoms. The van der Waals surface area contributed by atoms with Crippen molar-refractivity contribution < 1.29 is 27.6 Å². The van der Waals surface area contributed by atoms with E-state index in [9.17, 15) is 9.59 Å². The average Bonchev–Trinajstić information content (AvgIpc) is 3.16. The van der Waals surface area contributed by atoms with Crippen molar-refractivity contribution in [2.75, 3.05) is 21.3 Å². The molecule has 1 saturated heterocycles. The fourth-order valence-electron chi connectivity index (χ4n) is 4.43. The van der Waals surface area contributed by atoms with Crippen molar-refractivity contribution in [2.24, 2.45) is 23.2 Å². The van der Waals surface area contributed by atoms with Crippen LogP contribution in [0.4, 0.5) is 0 Å². The van der Waals surface area contributed by atoms with Crippen LogP contribution < -0.4 is 0 Å². The molecule has 6 nitrogen and oxygen atoms in total. The lowest BCUT2D eigenvalue weighted by molar-refractivity contribution is -0.155. The lowest BCUT2D eigenvalue weighted by atomic mass is 9.72. The minimum Gasteiger partial charge on any atom is -0.393 e. The van der Waals surface area contributed by atoms with Crippen LogP contribution >= 0.6 is 0 Å². The van der Waals surface area contributed by atoms with Gasteiger partial charge in [0.25, 0.3) is 0 Å². The lowest BCUT2D eigenvalue weighted by Crippen LogP contribution is -2.43. The molecular weight excluding hydrogens is 304 g/mol. The summed E-state index contributed by atoms with van der Waals surface area (Å²) in [7, 11) is 2.20. The molecule has 1 saturated carbocycles. The predicted molar refractivity (Wildman–Crippen MR) is 78.6 cm³/mol. The van der Waals surface area contributed by atoms with Crippen LogP contribution in [0.1, 0.15) is 19.3 Å². The molecule has 0 N–H and O–H groups in total. The molecule has 0 radical (unpaired) electrons. The van der Waals surface area contributed by atoms with E-state index in [0.29, 0.717) is 6.04 Å². The maximum Gasteiger partial charge on any atom is 0.500 e. The van der Waals surface area contributed by atoms with E-state index in [4.69, 9.17) is 18.0 Å². The zero-order valence-corrected chi connectivity index (χ0v) is 14.2. The molecule has 0 spiro atoms. The first-order chi connectivity index (χ1) is 10.5. The van der Waals surface area contributed by atoms with Crippen molar-refractivity contribution in [3.63, 3.8) is 0 Å². The summed E-state index contributed by atoms with van der Waals surface area (Å²) < 4.78 is 21.2. The molecule has 0 aromatic heterocycles. The van der Waals surface area contributed by atoms with Crippen LogP contribution in [0.3, 0.4) is 0 Å². The fraction of sp³-hybridized carbons (Fsp3) is 0.733. The molecule has 3 rings (SSSR count). The SMILES string of the molecule is CO[Si](CCCC12C=CC(C1)C1C(=O)OC(=O)C12)(OC)OC. The summed E-state index contributed by atoms with van der Waals surface area (Å²) in [4.78, 5) is 23.9. The van der Waals surface area contributed by atoms with E-state index >= 15 is 0 Å². The third-order valence-electron chi connectivity index (χ3n) is 5.52. The van der Waals surface area contributed by atoms with Crippen molar-refractivity contribution >= 4 is 20.7 Å². The maximum absolute atomic E-state index is 12.0. The predicted octanol–water partition coefficient (Wildman–Crippen LogP) is 1.54. The average molecular weight is 326 g/mol. The number of cyclic esters (lactones) is 2.